The summed E-state index contributed by atoms with van der Waals surface area (Å²) in [5.41, 5.74) is 3.36. The van der Waals surface area contributed by atoms with Crippen LogP contribution in [0.1, 0.15) is 20.1 Å². The Morgan fingerprint density at radius 3 is 2.77 bits per heavy atom. The fraction of sp³-hybridized carbons (Fsp3) is 0.417. The summed E-state index contributed by atoms with van der Waals surface area (Å²) < 4.78 is 52.8. The topological polar surface area (TPSA) is 185 Å². The summed E-state index contributed by atoms with van der Waals surface area (Å²) in [5.74, 6) is 1.57. The molecule has 1 aliphatic rings. The second kappa shape index (κ2) is 11.7. The molecule has 0 spiro atoms. The highest BCUT2D eigenvalue weighted by Crippen LogP contribution is 2.48. The van der Waals surface area contributed by atoms with Gasteiger partial charge in [0.2, 0.25) is 11.6 Å². The number of hydrogen-bond donors (Lipinski definition) is 4. The number of aliphatic hydroxyl groups excluding tert-OH is 1. The number of carbonyl (C=O) groups excluding carboxylic acids is 1. The summed E-state index contributed by atoms with van der Waals surface area (Å²) in [6.45, 7) is 2.47. The van der Waals surface area contributed by atoms with E-state index in [1.165, 1.54) is 30.0 Å². The van der Waals surface area contributed by atoms with Gasteiger partial charge in [-0.3, -0.25) is 13.9 Å². The minimum Gasteiger partial charge on any atom is -0.465 e. The van der Waals surface area contributed by atoms with Crippen LogP contribution in [0, 0.1) is 12.3 Å². The van der Waals surface area contributed by atoms with Crippen molar-refractivity contribution >= 4 is 36.6 Å². The lowest BCUT2D eigenvalue weighted by Gasteiger charge is -2.25. The zero-order valence-corrected chi connectivity index (χ0v) is 22.7. The predicted octanol–water partition coefficient (Wildman–Crippen LogP) is 1.79. The molecule has 14 nitrogen and oxygen atoms in total. The predicted molar refractivity (Wildman–Crippen MR) is 142 cm³/mol. The SMILES string of the molecule is C#C[C@@]1(F)[C@H](O)[C@@H](COP(=O)(N[C@@H](C)C(=O)OCC)Oc2ccccc2)O[C@H]1n1cnc2c(NC)nc(N)nc21. The van der Waals surface area contributed by atoms with Crippen LogP contribution in [0.4, 0.5) is 16.2 Å². The van der Waals surface area contributed by atoms with Crippen molar-refractivity contribution in [2.45, 2.75) is 44.0 Å². The highest BCUT2D eigenvalue weighted by atomic mass is 31.2. The van der Waals surface area contributed by atoms with E-state index in [-0.39, 0.29) is 35.3 Å². The molecule has 2 aromatic heterocycles. The molecule has 1 saturated heterocycles. The number of rotatable bonds is 11. The van der Waals surface area contributed by atoms with Gasteiger partial charge in [-0.1, -0.05) is 24.1 Å². The van der Waals surface area contributed by atoms with Crippen molar-refractivity contribution < 1.29 is 37.4 Å². The number of alkyl halides is 1. The van der Waals surface area contributed by atoms with Gasteiger partial charge in [0.25, 0.3) is 0 Å². The number of para-hydroxylation sites is 1. The van der Waals surface area contributed by atoms with Crippen LogP contribution in [0.15, 0.2) is 36.7 Å². The third-order valence-electron chi connectivity index (χ3n) is 5.96. The molecule has 1 aromatic carbocycles. The van der Waals surface area contributed by atoms with E-state index in [1.54, 1.807) is 32.2 Å². The second-order valence-corrected chi connectivity index (χ2v) is 10.4. The molecule has 6 atom stereocenters. The summed E-state index contributed by atoms with van der Waals surface area (Å²) >= 11 is 0. The van der Waals surface area contributed by atoms with E-state index in [0.29, 0.717) is 0 Å². The maximum atomic E-state index is 16.1. The van der Waals surface area contributed by atoms with Gasteiger partial charge in [0, 0.05) is 7.05 Å². The molecule has 0 bridgehead atoms. The number of aliphatic hydroxyl groups is 1. The molecule has 1 fully saturated rings. The van der Waals surface area contributed by atoms with Crippen LogP contribution in [-0.4, -0.2) is 74.8 Å². The molecule has 214 valence electrons. The number of benzene rings is 1. The maximum absolute atomic E-state index is 16.1. The molecule has 3 heterocycles. The van der Waals surface area contributed by atoms with Crippen LogP contribution in [0.5, 0.6) is 5.75 Å². The molecule has 0 aliphatic carbocycles. The van der Waals surface area contributed by atoms with E-state index < -0.39 is 50.5 Å². The molecule has 16 heteroatoms. The van der Waals surface area contributed by atoms with Gasteiger partial charge < -0.3 is 30.2 Å². The molecule has 0 saturated carbocycles. The van der Waals surface area contributed by atoms with E-state index in [1.807, 2.05) is 5.92 Å². The number of hydrogen-bond acceptors (Lipinski definition) is 12. The van der Waals surface area contributed by atoms with Crippen LogP contribution in [0.25, 0.3) is 11.2 Å². The normalized spacial score (nSPS) is 24.6. The van der Waals surface area contributed by atoms with E-state index in [0.717, 1.165) is 0 Å². The fourth-order valence-corrected chi connectivity index (χ4v) is 5.53. The Morgan fingerprint density at radius 2 is 2.12 bits per heavy atom. The Morgan fingerprint density at radius 1 is 1.40 bits per heavy atom. The number of carbonyl (C=O) groups is 1. The monoisotopic (exact) mass is 577 g/mol. The zero-order chi connectivity index (χ0) is 29.1. The molecule has 5 N–H and O–H groups in total. The Labute approximate surface area is 229 Å². The lowest BCUT2D eigenvalue weighted by molar-refractivity contribution is -0.144. The van der Waals surface area contributed by atoms with Crippen molar-refractivity contribution in [3.8, 4) is 18.1 Å². The third kappa shape index (κ3) is 5.72. The summed E-state index contributed by atoms with van der Waals surface area (Å²) in [6, 6.07) is 6.93. The average Bonchev–Trinajstić information content (AvgIpc) is 3.46. The number of nitrogens with zero attached hydrogens (tertiary/aromatic N) is 4. The number of ether oxygens (including phenoxy) is 2. The molecular weight excluding hydrogens is 548 g/mol. The molecule has 4 rings (SSSR count). The average molecular weight is 578 g/mol. The van der Waals surface area contributed by atoms with E-state index >= 15 is 4.39 Å². The highest BCUT2D eigenvalue weighted by molar-refractivity contribution is 7.52. The molecule has 1 aliphatic heterocycles. The number of imidazole rings is 1. The van der Waals surface area contributed by atoms with Crippen molar-refractivity contribution in [3.05, 3.63) is 36.7 Å². The summed E-state index contributed by atoms with van der Waals surface area (Å²) in [5, 5.41) is 16.2. The first-order valence-electron chi connectivity index (χ1n) is 12.2. The minimum atomic E-state index is -4.32. The Hall–Kier alpha value is -3.80. The molecule has 40 heavy (non-hydrogen) atoms. The van der Waals surface area contributed by atoms with Crippen molar-refractivity contribution in [2.24, 2.45) is 0 Å². The van der Waals surface area contributed by atoms with Crippen molar-refractivity contribution in [2.75, 3.05) is 31.3 Å². The highest BCUT2D eigenvalue weighted by Gasteiger charge is 2.58. The third-order valence-corrected chi connectivity index (χ3v) is 7.61. The second-order valence-electron chi connectivity index (χ2n) is 8.69. The number of fused-ring (bicyclic) bond motifs is 1. The molecular formula is C24H29FN7O7P. The minimum absolute atomic E-state index is 0.0934. The van der Waals surface area contributed by atoms with Crippen LogP contribution in [0.2, 0.25) is 0 Å². The van der Waals surface area contributed by atoms with Gasteiger partial charge in [-0.15, -0.1) is 6.42 Å². The first kappa shape index (κ1) is 29.2. The summed E-state index contributed by atoms with van der Waals surface area (Å²) in [7, 11) is -2.73. The van der Waals surface area contributed by atoms with Gasteiger partial charge >= 0.3 is 13.7 Å². The quantitative estimate of drug-likeness (QED) is 0.147. The van der Waals surface area contributed by atoms with Crippen LogP contribution >= 0.6 is 7.75 Å². The first-order valence-corrected chi connectivity index (χ1v) is 13.7. The summed E-state index contributed by atoms with van der Waals surface area (Å²) in [6.07, 6.45) is 1.74. The van der Waals surface area contributed by atoms with Crippen molar-refractivity contribution in [1.29, 1.82) is 0 Å². The van der Waals surface area contributed by atoms with Gasteiger partial charge in [0.15, 0.2) is 23.2 Å². The van der Waals surface area contributed by atoms with Crippen molar-refractivity contribution in [3.63, 3.8) is 0 Å². The molecule has 3 aromatic rings. The van der Waals surface area contributed by atoms with Crippen LogP contribution in [-0.2, 0) is 23.4 Å². The fourth-order valence-electron chi connectivity index (χ4n) is 4.03. The number of halogens is 1. The zero-order valence-electron chi connectivity index (χ0n) is 21.9. The molecule has 0 radical (unpaired) electrons. The lowest BCUT2D eigenvalue weighted by Crippen LogP contribution is -2.42. The Bertz CT molecular complexity index is 1450. The smallest absolute Gasteiger partial charge is 0.459 e. The molecule has 1 unspecified atom stereocenters. The number of terminal acetylenes is 1. The summed E-state index contributed by atoms with van der Waals surface area (Å²) in [4.78, 5) is 24.5. The maximum Gasteiger partial charge on any atom is 0.459 e. The van der Waals surface area contributed by atoms with Crippen LogP contribution < -0.4 is 20.7 Å². The number of anilines is 2. The van der Waals surface area contributed by atoms with Crippen molar-refractivity contribution in [1.82, 2.24) is 24.6 Å². The van der Waals surface area contributed by atoms with Crippen LogP contribution in [0.3, 0.4) is 0 Å². The number of nitrogens with two attached hydrogens (primary N) is 1. The van der Waals surface area contributed by atoms with Gasteiger partial charge in [-0.2, -0.15) is 15.1 Å². The molecule has 0 amide bonds. The van der Waals surface area contributed by atoms with Gasteiger partial charge in [-0.05, 0) is 26.0 Å². The van der Waals surface area contributed by atoms with E-state index in [2.05, 4.69) is 25.4 Å². The Balaban J connectivity index is 1.60. The Kier molecular flexibility index (Phi) is 8.57. The number of nitrogen functional groups attached to an aromatic ring is 1. The van der Waals surface area contributed by atoms with E-state index in [9.17, 15) is 14.5 Å². The standard InChI is InChI=1S/C24H29FN7O7P/c1-5-24(25)18(33)16(38-22(24)32-13-28-17-19(27-4)29-23(26)30-20(17)32)12-37-40(35,31-14(3)21(34)36-6-2)39-15-10-8-7-9-11-15/h1,7-11,13-14,16,18,22,33H,6,12H2,2-4H3,(H,31,35)(H3,26,27,29,30)/t14-,16+,18+,22+,24+,40?/m0/s1. The number of esters is 1. The first-order chi connectivity index (χ1) is 19.0. The van der Waals surface area contributed by atoms with Gasteiger partial charge in [-0.25, -0.2) is 13.9 Å². The number of aromatic nitrogens is 4. The number of nitrogens with one attached hydrogen (secondary N) is 2. The van der Waals surface area contributed by atoms with Gasteiger partial charge in [0.1, 0.15) is 24.0 Å². The lowest BCUT2D eigenvalue weighted by atomic mass is 9.97. The largest absolute Gasteiger partial charge is 0.465 e. The van der Waals surface area contributed by atoms with Gasteiger partial charge in [0.05, 0.1) is 19.5 Å². The van der Waals surface area contributed by atoms with E-state index in [4.69, 9.17) is 30.7 Å².